The molecule has 2 unspecified atom stereocenters. The molecule has 0 radical (unpaired) electrons. The van der Waals surface area contributed by atoms with Crippen molar-refractivity contribution >= 4 is 23.2 Å². The maximum atomic E-state index is 12.0. The molecule has 0 aromatic carbocycles. The van der Waals surface area contributed by atoms with E-state index >= 15 is 0 Å². The Bertz CT molecular complexity index is 461. The van der Waals surface area contributed by atoms with Gasteiger partial charge in [-0.05, 0) is 31.3 Å². The van der Waals surface area contributed by atoms with Gasteiger partial charge >= 0.3 is 5.97 Å². The van der Waals surface area contributed by atoms with Crippen LogP contribution in [-0.4, -0.2) is 43.5 Å². The summed E-state index contributed by atoms with van der Waals surface area (Å²) in [5.41, 5.74) is 0. The third kappa shape index (κ3) is 3.80. The molecular formula is C14H20N2O3S. The number of amides is 1. The van der Waals surface area contributed by atoms with E-state index < -0.39 is 0 Å². The SMILES string of the molecule is COC(=O)C1CCN(CC(=O)NC(C)c2cccs2)C1. The highest BCUT2D eigenvalue weighted by atomic mass is 32.1. The Morgan fingerprint density at radius 2 is 2.40 bits per heavy atom. The van der Waals surface area contributed by atoms with E-state index in [0.29, 0.717) is 13.1 Å². The van der Waals surface area contributed by atoms with Crippen LogP contribution in [0.4, 0.5) is 0 Å². The Morgan fingerprint density at radius 3 is 3.05 bits per heavy atom. The van der Waals surface area contributed by atoms with Crippen molar-refractivity contribution in [3.8, 4) is 0 Å². The maximum Gasteiger partial charge on any atom is 0.310 e. The number of rotatable bonds is 5. The lowest BCUT2D eigenvalue weighted by Gasteiger charge is -2.17. The fraction of sp³-hybridized carbons (Fsp3) is 0.571. The minimum absolute atomic E-state index is 0.00332. The topological polar surface area (TPSA) is 58.6 Å². The van der Waals surface area contributed by atoms with Gasteiger partial charge < -0.3 is 10.1 Å². The van der Waals surface area contributed by atoms with Gasteiger partial charge in [-0.25, -0.2) is 0 Å². The fourth-order valence-corrected chi connectivity index (χ4v) is 3.17. The van der Waals surface area contributed by atoms with E-state index in [2.05, 4.69) is 5.32 Å². The van der Waals surface area contributed by atoms with Gasteiger partial charge in [0.25, 0.3) is 0 Å². The lowest BCUT2D eigenvalue weighted by atomic mass is 10.1. The summed E-state index contributed by atoms with van der Waals surface area (Å²) < 4.78 is 4.74. The predicted molar refractivity (Wildman–Crippen MR) is 77.4 cm³/mol. The van der Waals surface area contributed by atoms with Crippen LogP contribution in [0.15, 0.2) is 17.5 Å². The number of carbonyl (C=O) groups excluding carboxylic acids is 2. The summed E-state index contributed by atoms with van der Waals surface area (Å²) >= 11 is 1.63. The standard InChI is InChI=1S/C14H20N2O3S/c1-10(12-4-3-7-20-12)15-13(17)9-16-6-5-11(8-16)14(18)19-2/h3-4,7,10-11H,5-6,8-9H2,1-2H3,(H,15,17). The van der Waals surface area contributed by atoms with Gasteiger partial charge in [0.05, 0.1) is 25.6 Å². The van der Waals surface area contributed by atoms with Crippen molar-refractivity contribution in [2.24, 2.45) is 5.92 Å². The van der Waals surface area contributed by atoms with Crippen LogP contribution in [0.2, 0.25) is 0 Å². The van der Waals surface area contributed by atoms with Crippen molar-refractivity contribution in [2.75, 3.05) is 26.7 Å². The third-order valence-electron chi connectivity index (χ3n) is 3.52. The minimum Gasteiger partial charge on any atom is -0.469 e. The van der Waals surface area contributed by atoms with E-state index in [1.165, 1.54) is 7.11 Å². The number of thiophene rings is 1. The van der Waals surface area contributed by atoms with Gasteiger partial charge in [0.15, 0.2) is 0 Å². The first-order valence-electron chi connectivity index (χ1n) is 6.73. The van der Waals surface area contributed by atoms with Crippen molar-refractivity contribution in [3.05, 3.63) is 22.4 Å². The second kappa shape index (κ2) is 6.85. The summed E-state index contributed by atoms with van der Waals surface area (Å²) in [7, 11) is 1.40. The van der Waals surface area contributed by atoms with Crippen LogP contribution >= 0.6 is 11.3 Å². The summed E-state index contributed by atoms with van der Waals surface area (Å²) in [6.45, 7) is 3.68. The molecule has 1 amide bonds. The first-order chi connectivity index (χ1) is 9.60. The molecule has 0 spiro atoms. The second-order valence-corrected chi connectivity index (χ2v) is 6.03. The van der Waals surface area contributed by atoms with Crippen LogP contribution in [0.3, 0.4) is 0 Å². The van der Waals surface area contributed by atoms with E-state index in [-0.39, 0.29) is 23.8 Å². The lowest BCUT2D eigenvalue weighted by molar-refractivity contribution is -0.145. The summed E-state index contributed by atoms with van der Waals surface area (Å²) in [5, 5.41) is 4.98. The molecule has 1 fully saturated rings. The lowest BCUT2D eigenvalue weighted by Crippen LogP contribution is -2.37. The molecule has 0 saturated carbocycles. The van der Waals surface area contributed by atoms with Gasteiger partial charge in [-0.3, -0.25) is 14.5 Å². The van der Waals surface area contributed by atoms with Crippen LogP contribution in [-0.2, 0) is 14.3 Å². The monoisotopic (exact) mass is 296 g/mol. The van der Waals surface area contributed by atoms with Gasteiger partial charge in [0.2, 0.25) is 5.91 Å². The van der Waals surface area contributed by atoms with Crippen molar-refractivity contribution in [3.63, 3.8) is 0 Å². The molecule has 6 heteroatoms. The zero-order valence-electron chi connectivity index (χ0n) is 11.8. The average Bonchev–Trinajstić information content (AvgIpc) is 3.08. The van der Waals surface area contributed by atoms with Crippen molar-refractivity contribution in [1.29, 1.82) is 0 Å². The molecule has 2 atom stereocenters. The number of likely N-dealkylation sites (tertiary alicyclic amines) is 1. The number of nitrogens with zero attached hydrogens (tertiary/aromatic N) is 1. The van der Waals surface area contributed by atoms with E-state index in [4.69, 9.17) is 4.74 Å². The van der Waals surface area contributed by atoms with Crippen LogP contribution < -0.4 is 5.32 Å². The summed E-state index contributed by atoms with van der Waals surface area (Å²) in [6.07, 6.45) is 0.764. The molecule has 1 aliphatic rings. The molecule has 1 aromatic rings. The maximum absolute atomic E-state index is 12.0. The number of hydrogen-bond donors (Lipinski definition) is 1. The summed E-state index contributed by atoms with van der Waals surface area (Å²) in [6, 6.07) is 4.02. The molecule has 1 saturated heterocycles. The number of esters is 1. The van der Waals surface area contributed by atoms with Crippen LogP contribution in [0.5, 0.6) is 0 Å². The fourth-order valence-electron chi connectivity index (χ4n) is 2.43. The number of nitrogens with one attached hydrogen (secondary N) is 1. The normalized spacial score (nSPS) is 20.6. The molecule has 1 aliphatic heterocycles. The third-order valence-corrected chi connectivity index (χ3v) is 4.58. The Hall–Kier alpha value is -1.40. The van der Waals surface area contributed by atoms with Crippen LogP contribution in [0.1, 0.15) is 24.3 Å². The summed E-state index contributed by atoms with van der Waals surface area (Å²) in [4.78, 5) is 26.6. The van der Waals surface area contributed by atoms with Gasteiger partial charge in [0, 0.05) is 11.4 Å². The molecular weight excluding hydrogens is 276 g/mol. The van der Waals surface area contributed by atoms with Crippen LogP contribution in [0, 0.1) is 5.92 Å². The highest BCUT2D eigenvalue weighted by molar-refractivity contribution is 7.10. The zero-order valence-corrected chi connectivity index (χ0v) is 12.6. The van der Waals surface area contributed by atoms with Crippen molar-refractivity contribution in [1.82, 2.24) is 10.2 Å². The molecule has 5 nitrogen and oxygen atoms in total. The summed E-state index contributed by atoms with van der Waals surface area (Å²) in [5.74, 6) is -0.279. The van der Waals surface area contributed by atoms with Gasteiger partial charge in [-0.1, -0.05) is 6.07 Å². The predicted octanol–water partition coefficient (Wildman–Crippen LogP) is 1.42. The van der Waals surface area contributed by atoms with E-state index in [0.717, 1.165) is 17.8 Å². The number of hydrogen-bond acceptors (Lipinski definition) is 5. The zero-order chi connectivity index (χ0) is 14.5. The number of carbonyl (C=O) groups is 2. The molecule has 20 heavy (non-hydrogen) atoms. The number of ether oxygens (including phenoxy) is 1. The Labute approximate surface area is 122 Å². The highest BCUT2D eigenvalue weighted by Gasteiger charge is 2.30. The molecule has 0 aliphatic carbocycles. The minimum atomic E-state index is -0.181. The smallest absolute Gasteiger partial charge is 0.310 e. The van der Waals surface area contributed by atoms with Crippen LogP contribution in [0.25, 0.3) is 0 Å². The van der Waals surface area contributed by atoms with Gasteiger partial charge in [0.1, 0.15) is 0 Å². The van der Waals surface area contributed by atoms with Gasteiger partial charge in [-0.15, -0.1) is 11.3 Å². The Kier molecular flexibility index (Phi) is 5.14. The quantitative estimate of drug-likeness (QED) is 0.835. The second-order valence-electron chi connectivity index (χ2n) is 5.05. The van der Waals surface area contributed by atoms with E-state index in [1.54, 1.807) is 11.3 Å². The molecule has 2 heterocycles. The van der Waals surface area contributed by atoms with E-state index in [9.17, 15) is 9.59 Å². The molecule has 1 N–H and O–H groups in total. The Balaban J connectivity index is 1.77. The Morgan fingerprint density at radius 1 is 1.60 bits per heavy atom. The van der Waals surface area contributed by atoms with Crippen molar-refractivity contribution in [2.45, 2.75) is 19.4 Å². The van der Waals surface area contributed by atoms with Gasteiger partial charge in [-0.2, -0.15) is 0 Å². The molecule has 2 rings (SSSR count). The molecule has 0 bridgehead atoms. The first-order valence-corrected chi connectivity index (χ1v) is 7.61. The largest absolute Gasteiger partial charge is 0.469 e. The van der Waals surface area contributed by atoms with E-state index in [1.807, 2.05) is 29.3 Å². The highest BCUT2D eigenvalue weighted by Crippen LogP contribution is 2.19. The average molecular weight is 296 g/mol. The van der Waals surface area contributed by atoms with Crippen molar-refractivity contribution < 1.29 is 14.3 Å². The molecule has 110 valence electrons. The molecule has 1 aromatic heterocycles. The first kappa shape index (κ1) is 15.0. The number of methoxy groups -OCH3 is 1.